The van der Waals surface area contributed by atoms with Crippen LogP contribution in [-0.2, 0) is 24.1 Å². The van der Waals surface area contributed by atoms with Gasteiger partial charge in [0.05, 0.1) is 24.0 Å². The third-order valence-electron chi connectivity index (χ3n) is 2.76. The Labute approximate surface area is 128 Å². The van der Waals surface area contributed by atoms with Gasteiger partial charge in [-0.3, -0.25) is 14.8 Å². The van der Waals surface area contributed by atoms with E-state index >= 15 is 0 Å². The number of nitrogens with one attached hydrogen (secondary N) is 1. The van der Waals surface area contributed by atoms with Crippen LogP contribution in [0.4, 0.5) is 17.6 Å². The summed E-state index contributed by atoms with van der Waals surface area (Å²) in [5.74, 6) is -0.945. The van der Waals surface area contributed by atoms with Crippen molar-refractivity contribution in [3.8, 4) is 5.75 Å². The number of rotatable bonds is 6. The summed E-state index contributed by atoms with van der Waals surface area (Å²) in [6, 6.07) is 2.13. The van der Waals surface area contributed by atoms with E-state index in [1.807, 2.05) is 0 Å². The van der Waals surface area contributed by atoms with E-state index < -0.39 is 17.6 Å². The third-order valence-corrected chi connectivity index (χ3v) is 2.76. The Bertz CT molecular complexity index is 692. The topological polar surface area (TPSA) is 64.1 Å². The molecule has 0 aliphatic heterocycles. The first-order chi connectivity index (χ1) is 10.9. The maximum Gasteiger partial charge on any atom is 0.417 e. The maximum absolute atomic E-state index is 13.6. The van der Waals surface area contributed by atoms with Crippen LogP contribution >= 0.6 is 0 Å². The van der Waals surface area contributed by atoms with Gasteiger partial charge in [-0.05, 0) is 6.07 Å². The molecule has 0 spiro atoms. The van der Waals surface area contributed by atoms with Crippen LogP contribution in [0.15, 0.2) is 30.7 Å². The van der Waals surface area contributed by atoms with E-state index in [4.69, 9.17) is 4.74 Å². The predicted octanol–water partition coefficient (Wildman–Crippen LogP) is 2.46. The summed E-state index contributed by atoms with van der Waals surface area (Å²) in [5.41, 5.74) is -0.427. The van der Waals surface area contributed by atoms with Crippen LogP contribution in [0.3, 0.4) is 0 Å². The molecule has 2 rings (SSSR count). The zero-order chi connectivity index (χ0) is 16.9. The van der Waals surface area contributed by atoms with E-state index in [2.05, 4.69) is 15.3 Å². The van der Waals surface area contributed by atoms with E-state index in [0.29, 0.717) is 18.3 Å². The highest BCUT2D eigenvalue weighted by Crippen LogP contribution is 2.29. The minimum absolute atomic E-state index is 0.0747. The number of amides is 1. The van der Waals surface area contributed by atoms with Gasteiger partial charge < -0.3 is 10.1 Å². The van der Waals surface area contributed by atoms with Gasteiger partial charge in [-0.25, -0.2) is 4.39 Å². The zero-order valence-electron chi connectivity index (χ0n) is 11.6. The van der Waals surface area contributed by atoms with E-state index in [9.17, 15) is 22.4 Å². The lowest BCUT2D eigenvalue weighted by Gasteiger charge is -2.10. The number of halogens is 4. The van der Waals surface area contributed by atoms with Gasteiger partial charge in [0.1, 0.15) is 6.61 Å². The molecule has 122 valence electrons. The molecule has 0 unspecified atom stereocenters. The van der Waals surface area contributed by atoms with Crippen LogP contribution in [0.1, 0.15) is 16.8 Å². The van der Waals surface area contributed by atoms with Crippen molar-refractivity contribution < 1.29 is 27.1 Å². The molecular weight excluding hydrogens is 318 g/mol. The molecule has 0 fully saturated rings. The highest BCUT2D eigenvalue weighted by molar-refractivity contribution is 5.46. The fraction of sp³-hybridized carbons (Fsp3) is 0.214. The van der Waals surface area contributed by atoms with Crippen LogP contribution in [0.25, 0.3) is 0 Å². The Balaban J connectivity index is 2.10. The minimum atomic E-state index is -4.52. The summed E-state index contributed by atoms with van der Waals surface area (Å²) >= 11 is 0. The maximum atomic E-state index is 13.6. The molecule has 0 saturated heterocycles. The summed E-state index contributed by atoms with van der Waals surface area (Å²) in [7, 11) is 0. The molecular formula is C14H11F4N3O2. The second-order valence-electron chi connectivity index (χ2n) is 4.47. The predicted molar refractivity (Wildman–Crippen MR) is 70.7 cm³/mol. The van der Waals surface area contributed by atoms with Gasteiger partial charge in [0.25, 0.3) is 0 Å². The first-order valence-electron chi connectivity index (χ1n) is 6.35. The highest BCUT2D eigenvalue weighted by atomic mass is 19.4. The van der Waals surface area contributed by atoms with Crippen molar-refractivity contribution in [1.82, 2.24) is 15.3 Å². The number of nitrogens with zero attached hydrogens (tertiary/aromatic N) is 2. The quantitative estimate of drug-likeness (QED) is 0.653. The second-order valence-corrected chi connectivity index (χ2v) is 4.47. The highest BCUT2D eigenvalue weighted by Gasteiger charge is 2.31. The van der Waals surface area contributed by atoms with E-state index in [1.54, 1.807) is 0 Å². The van der Waals surface area contributed by atoms with Crippen molar-refractivity contribution in [3.05, 3.63) is 53.4 Å². The SMILES string of the molecule is O=CNCc1cc(OCc2cncc(C(F)(F)F)c2)c(F)cn1. The summed E-state index contributed by atoms with van der Waals surface area (Å²) in [5, 5.41) is 2.35. The molecule has 0 atom stereocenters. The van der Waals surface area contributed by atoms with Crippen LogP contribution < -0.4 is 10.1 Å². The van der Waals surface area contributed by atoms with Crippen molar-refractivity contribution in [2.75, 3.05) is 0 Å². The molecule has 0 aliphatic carbocycles. The molecule has 1 amide bonds. The number of hydrogen-bond donors (Lipinski definition) is 1. The Hall–Kier alpha value is -2.71. The molecule has 9 heteroatoms. The average Bonchev–Trinajstić information content (AvgIpc) is 2.52. The minimum Gasteiger partial charge on any atom is -0.486 e. The van der Waals surface area contributed by atoms with Crippen LogP contribution in [0.5, 0.6) is 5.75 Å². The van der Waals surface area contributed by atoms with E-state index in [-0.39, 0.29) is 24.5 Å². The number of carbonyl (C=O) groups is 1. The van der Waals surface area contributed by atoms with Gasteiger partial charge >= 0.3 is 6.18 Å². The lowest BCUT2D eigenvalue weighted by molar-refractivity contribution is -0.137. The molecule has 0 saturated carbocycles. The number of pyridine rings is 2. The normalized spacial score (nSPS) is 11.1. The largest absolute Gasteiger partial charge is 0.486 e. The van der Waals surface area contributed by atoms with Crippen molar-refractivity contribution >= 4 is 6.41 Å². The zero-order valence-corrected chi connectivity index (χ0v) is 11.6. The molecule has 0 bridgehead atoms. The lowest BCUT2D eigenvalue weighted by Crippen LogP contribution is -2.11. The van der Waals surface area contributed by atoms with Gasteiger partial charge in [-0.15, -0.1) is 0 Å². The average molecular weight is 329 g/mol. The molecule has 2 aromatic heterocycles. The van der Waals surface area contributed by atoms with Crippen molar-refractivity contribution in [2.45, 2.75) is 19.3 Å². The molecule has 0 aromatic carbocycles. The first kappa shape index (κ1) is 16.7. The van der Waals surface area contributed by atoms with Gasteiger partial charge in [0.2, 0.25) is 6.41 Å². The van der Waals surface area contributed by atoms with Crippen LogP contribution in [0.2, 0.25) is 0 Å². The van der Waals surface area contributed by atoms with Crippen molar-refractivity contribution in [2.24, 2.45) is 0 Å². The number of carbonyl (C=O) groups excluding carboxylic acids is 1. The van der Waals surface area contributed by atoms with Gasteiger partial charge in [0, 0.05) is 24.0 Å². The van der Waals surface area contributed by atoms with Crippen molar-refractivity contribution in [1.29, 1.82) is 0 Å². The fourth-order valence-corrected chi connectivity index (χ4v) is 1.70. The lowest BCUT2D eigenvalue weighted by atomic mass is 10.2. The Morgan fingerprint density at radius 2 is 2.00 bits per heavy atom. The Morgan fingerprint density at radius 3 is 2.70 bits per heavy atom. The molecule has 2 heterocycles. The Morgan fingerprint density at radius 1 is 1.22 bits per heavy atom. The third kappa shape index (κ3) is 4.63. The Kier molecular flexibility index (Phi) is 5.09. The summed E-state index contributed by atoms with van der Waals surface area (Å²) < 4.78 is 56.5. The standard InChI is InChI=1S/C14H11F4N3O2/c15-12-6-21-11(5-20-8-22)2-13(12)23-7-9-1-10(4-19-3-9)14(16,17)18/h1-4,6,8H,5,7H2,(H,20,22). The summed E-state index contributed by atoms with van der Waals surface area (Å²) in [4.78, 5) is 17.4. The smallest absolute Gasteiger partial charge is 0.417 e. The van der Waals surface area contributed by atoms with Crippen LogP contribution in [0, 0.1) is 5.82 Å². The number of hydrogen-bond acceptors (Lipinski definition) is 4. The molecule has 1 N–H and O–H groups in total. The second kappa shape index (κ2) is 7.03. The van der Waals surface area contributed by atoms with Gasteiger partial charge in [-0.1, -0.05) is 0 Å². The van der Waals surface area contributed by atoms with Crippen molar-refractivity contribution in [3.63, 3.8) is 0 Å². The molecule has 0 aliphatic rings. The first-order valence-corrected chi connectivity index (χ1v) is 6.35. The summed E-state index contributed by atoms with van der Waals surface area (Å²) in [6.07, 6.45) is -1.26. The molecule has 0 radical (unpaired) electrons. The molecule has 5 nitrogen and oxygen atoms in total. The summed E-state index contributed by atoms with van der Waals surface area (Å²) in [6.45, 7) is -0.219. The number of ether oxygens (including phenoxy) is 1. The molecule has 2 aromatic rings. The molecule has 23 heavy (non-hydrogen) atoms. The van der Waals surface area contributed by atoms with Crippen LogP contribution in [-0.4, -0.2) is 16.4 Å². The monoisotopic (exact) mass is 329 g/mol. The van der Waals surface area contributed by atoms with E-state index in [0.717, 1.165) is 12.3 Å². The number of aromatic nitrogens is 2. The number of alkyl halides is 3. The van der Waals surface area contributed by atoms with Gasteiger partial charge in [0.15, 0.2) is 11.6 Å². The van der Waals surface area contributed by atoms with E-state index in [1.165, 1.54) is 12.3 Å². The van der Waals surface area contributed by atoms with Gasteiger partial charge in [-0.2, -0.15) is 13.2 Å². The fourth-order valence-electron chi connectivity index (χ4n) is 1.70.